The Kier molecular flexibility index (Phi) is 6.34. The van der Waals surface area contributed by atoms with Gasteiger partial charge in [-0.25, -0.2) is 0 Å². The number of carbonyl (C=O) groups is 2. The van der Waals surface area contributed by atoms with Crippen LogP contribution in [-0.4, -0.2) is 41.2 Å². The Balaban J connectivity index is 3.55. The minimum atomic E-state index is -0.916. The van der Waals surface area contributed by atoms with Crippen LogP contribution in [0.3, 0.4) is 0 Å². The summed E-state index contributed by atoms with van der Waals surface area (Å²) in [5.74, 6) is -1.18. The number of carboxylic acid groups (broad SMARTS) is 1. The number of esters is 1. The van der Waals surface area contributed by atoms with Gasteiger partial charge in [0.2, 0.25) is 0 Å². The summed E-state index contributed by atoms with van der Waals surface area (Å²) < 4.78 is 4.64. The van der Waals surface area contributed by atoms with Crippen molar-refractivity contribution in [1.82, 2.24) is 0 Å². The molecule has 0 saturated heterocycles. The predicted octanol–water partition coefficient (Wildman–Crippen LogP) is -0.305. The number of carboxylic acids is 1. The number of thioether (sulfide) groups is 1. The zero-order valence-corrected chi connectivity index (χ0v) is 8.17. The summed E-state index contributed by atoms with van der Waals surface area (Å²) in [5.41, 5.74) is 5.40. The van der Waals surface area contributed by atoms with Crippen molar-refractivity contribution >= 4 is 23.7 Å². The molecule has 0 fully saturated rings. The lowest BCUT2D eigenvalue weighted by atomic mass is 10.4. The van der Waals surface area contributed by atoms with Crippen molar-refractivity contribution in [3.8, 4) is 0 Å². The SMILES string of the molecule is CCOC(=O)C(N)CSCC(=O)O. The van der Waals surface area contributed by atoms with Gasteiger partial charge in [0, 0.05) is 5.75 Å². The Morgan fingerprint density at radius 1 is 1.62 bits per heavy atom. The summed E-state index contributed by atoms with van der Waals surface area (Å²) in [6.45, 7) is 1.98. The second kappa shape index (κ2) is 6.73. The van der Waals surface area contributed by atoms with E-state index in [0.717, 1.165) is 11.8 Å². The molecule has 0 rings (SSSR count). The van der Waals surface area contributed by atoms with Crippen LogP contribution in [-0.2, 0) is 14.3 Å². The Labute approximate surface area is 80.6 Å². The van der Waals surface area contributed by atoms with Crippen LogP contribution in [0.25, 0.3) is 0 Å². The van der Waals surface area contributed by atoms with Crippen LogP contribution in [0, 0.1) is 0 Å². The molecule has 0 aromatic carbocycles. The van der Waals surface area contributed by atoms with Gasteiger partial charge in [0.1, 0.15) is 6.04 Å². The molecule has 0 aromatic heterocycles. The molecule has 0 heterocycles. The van der Waals surface area contributed by atoms with Crippen molar-refractivity contribution < 1.29 is 19.4 Å². The van der Waals surface area contributed by atoms with Crippen LogP contribution in [0.5, 0.6) is 0 Å². The monoisotopic (exact) mass is 207 g/mol. The predicted molar refractivity (Wildman–Crippen MR) is 49.6 cm³/mol. The molecule has 0 saturated carbocycles. The van der Waals surface area contributed by atoms with E-state index in [0.29, 0.717) is 0 Å². The van der Waals surface area contributed by atoms with Crippen LogP contribution in [0.15, 0.2) is 0 Å². The summed E-state index contributed by atoms with van der Waals surface area (Å²) in [6.07, 6.45) is 0. The van der Waals surface area contributed by atoms with Crippen molar-refractivity contribution in [1.29, 1.82) is 0 Å². The number of rotatable bonds is 6. The van der Waals surface area contributed by atoms with E-state index in [-0.39, 0.29) is 18.1 Å². The van der Waals surface area contributed by atoms with Crippen LogP contribution in [0.1, 0.15) is 6.92 Å². The second-order valence-corrected chi connectivity index (χ2v) is 3.30. The number of hydrogen-bond donors (Lipinski definition) is 2. The molecule has 76 valence electrons. The first kappa shape index (κ1) is 12.2. The number of carbonyl (C=O) groups excluding carboxylic acids is 1. The fraction of sp³-hybridized carbons (Fsp3) is 0.714. The molecule has 0 spiro atoms. The van der Waals surface area contributed by atoms with Gasteiger partial charge in [0.15, 0.2) is 0 Å². The van der Waals surface area contributed by atoms with Crippen molar-refractivity contribution in [3.63, 3.8) is 0 Å². The average Bonchev–Trinajstić information content (AvgIpc) is 2.04. The fourth-order valence-electron chi connectivity index (χ4n) is 0.591. The second-order valence-electron chi connectivity index (χ2n) is 2.27. The summed E-state index contributed by atoms with van der Waals surface area (Å²) >= 11 is 1.10. The van der Waals surface area contributed by atoms with E-state index in [9.17, 15) is 9.59 Å². The lowest BCUT2D eigenvalue weighted by Crippen LogP contribution is -2.34. The van der Waals surface area contributed by atoms with Gasteiger partial charge in [0.05, 0.1) is 12.4 Å². The van der Waals surface area contributed by atoms with E-state index >= 15 is 0 Å². The van der Waals surface area contributed by atoms with Gasteiger partial charge in [-0.1, -0.05) is 0 Å². The lowest BCUT2D eigenvalue weighted by molar-refractivity contribution is -0.144. The summed E-state index contributed by atoms with van der Waals surface area (Å²) in [5, 5.41) is 8.29. The van der Waals surface area contributed by atoms with Crippen molar-refractivity contribution in [2.45, 2.75) is 13.0 Å². The molecule has 0 aliphatic carbocycles. The summed E-state index contributed by atoms with van der Waals surface area (Å²) in [4.78, 5) is 21.0. The molecule has 0 radical (unpaired) electrons. The summed E-state index contributed by atoms with van der Waals surface area (Å²) in [7, 11) is 0. The standard InChI is InChI=1S/C7H13NO4S/c1-2-12-7(11)5(8)3-13-4-6(9)10/h5H,2-4,8H2,1H3,(H,9,10). The Hall–Kier alpha value is -0.750. The van der Waals surface area contributed by atoms with Gasteiger partial charge in [-0.2, -0.15) is 0 Å². The number of nitrogens with two attached hydrogens (primary N) is 1. The van der Waals surface area contributed by atoms with Crippen LogP contribution in [0.2, 0.25) is 0 Å². The number of aliphatic carboxylic acids is 1. The maximum absolute atomic E-state index is 10.9. The molecule has 3 N–H and O–H groups in total. The topological polar surface area (TPSA) is 89.6 Å². The average molecular weight is 207 g/mol. The smallest absolute Gasteiger partial charge is 0.323 e. The molecule has 0 bridgehead atoms. The van der Waals surface area contributed by atoms with E-state index in [1.54, 1.807) is 6.92 Å². The highest BCUT2D eigenvalue weighted by Gasteiger charge is 2.14. The largest absolute Gasteiger partial charge is 0.481 e. The van der Waals surface area contributed by atoms with E-state index in [2.05, 4.69) is 4.74 Å². The first-order valence-electron chi connectivity index (χ1n) is 3.79. The molecular formula is C7H13NO4S. The van der Waals surface area contributed by atoms with E-state index < -0.39 is 18.0 Å². The third-order valence-corrected chi connectivity index (χ3v) is 2.16. The van der Waals surface area contributed by atoms with Gasteiger partial charge in [-0.3, -0.25) is 9.59 Å². The third-order valence-electron chi connectivity index (χ3n) is 1.11. The van der Waals surface area contributed by atoms with Crippen LogP contribution in [0.4, 0.5) is 0 Å². The zero-order chi connectivity index (χ0) is 10.3. The van der Waals surface area contributed by atoms with E-state index in [1.165, 1.54) is 0 Å². The van der Waals surface area contributed by atoms with E-state index in [1.807, 2.05) is 0 Å². The highest BCUT2D eigenvalue weighted by atomic mass is 32.2. The molecule has 0 aliphatic heterocycles. The van der Waals surface area contributed by atoms with Gasteiger partial charge >= 0.3 is 11.9 Å². The van der Waals surface area contributed by atoms with Gasteiger partial charge in [-0.15, -0.1) is 11.8 Å². The van der Waals surface area contributed by atoms with Gasteiger partial charge in [0.25, 0.3) is 0 Å². The highest BCUT2D eigenvalue weighted by Crippen LogP contribution is 2.02. The van der Waals surface area contributed by atoms with Crippen molar-refractivity contribution in [2.75, 3.05) is 18.1 Å². The minimum Gasteiger partial charge on any atom is -0.481 e. The molecule has 1 unspecified atom stereocenters. The normalized spacial score (nSPS) is 12.2. The first-order chi connectivity index (χ1) is 6.07. The van der Waals surface area contributed by atoms with Gasteiger partial charge in [-0.05, 0) is 6.92 Å². The Morgan fingerprint density at radius 2 is 2.23 bits per heavy atom. The lowest BCUT2D eigenvalue weighted by Gasteiger charge is -2.08. The zero-order valence-electron chi connectivity index (χ0n) is 7.36. The van der Waals surface area contributed by atoms with Crippen LogP contribution < -0.4 is 5.73 Å². The maximum Gasteiger partial charge on any atom is 0.323 e. The molecule has 13 heavy (non-hydrogen) atoms. The molecule has 6 heteroatoms. The summed E-state index contributed by atoms with van der Waals surface area (Å²) in [6, 6.07) is -0.732. The first-order valence-corrected chi connectivity index (χ1v) is 4.95. The number of ether oxygens (including phenoxy) is 1. The fourth-order valence-corrected chi connectivity index (χ4v) is 1.27. The van der Waals surface area contributed by atoms with Gasteiger partial charge < -0.3 is 15.6 Å². The quantitative estimate of drug-likeness (QED) is 0.581. The van der Waals surface area contributed by atoms with Crippen LogP contribution >= 0.6 is 11.8 Å². The molecule has 0 aromatic rings. The number of hydrogen-bond acceptors (Lipinski definition) is 5. The molecule has 5 nitrogen and oxygen atoms in total. The maximum atomic E-state index is 10.9. The highest BCUT2D eigenvalue weighted by molar-refractivity contribution is 8.00. The van der Waals surface area contributed by atoms with Crippen molar-refractivity contribution in [3.05, 3.63) is 0 Å². The molecule has 0 amide bonds. The van der Waals surface area contributed by atoms with Crippen molar-refractivity contribution in [2.24, 2.45) is 5.73 Å². The Bertz CT molecular complexity index is 185. The van der Waals surface area contributed by atoms with E-state index in [4.69, 9.17) is 10.8 Å². The Morgan fingerprint density at radius 3 is 2.69 bits per heavy atom. The molecule has 0 aliphatic rings. The molecule has 1 atom stereocenters. The third kappa shape index (κ3) is 6.41. The molecular weight excluding hydrogens is 194 g/mol. The minimum absolute atomic E-state index is 0.0485.